The van der Waals surface area contributed by atoms with Crippen LogP contribution < -0.4 is 5.32 Å². The van der Waals surface area contributed by atoms with Gasteiger partial charge >= 0.3 is 0 Å². The maximum atomic E-state index is 11.7. The summed E-state index contributed by atoms with van der Waals surface area (Å²) in [6.45, 7) is 1.96. The van der Waals surface area contributed by atoms with Crippen LogP contribution in [0.2, 0.25) is 0 Å². The van der Waals surface area contributed by atoms with E-state index in [4.69, 9.17) is 4.52 Å². The molecule has 0 radical (unpaired) electrons. The number of carbonyl (C=O) groups is 1. The molecular formula is C11H10BrN3O2. The van der Waals surface area contributed by atoms with Gasteiger partial charge in [0.1, 0.15) is 0 Å². The van der Waals surface area contributed by atoms with E-state index in [0.717, 1.165) is 4.47 Å². The van der Waals surface area contributed by atoms with E-state index in [1.165, 1.54) is 0 Å². The molecule has 0 bridgehead atoms. The summed E-state index contributed by atoms with van der Waals surface area (Å²) < 4.78 is 5.73. The Bertz CT molecular complexity index is 522. The number of nitrogens with one attached hydrogen (secondary N) is 1. The molecule has 0 saturated carbocycles. The van der Waals surface area contributed by atoms with Crippen molar-refractivity contribution in [3.05, 3.63) is 46.0 Å². The monoisotopic (exact) mass is 295 g/mol. The van der Waals surface area contributed by atoms with E-state index in [1.54, 1.807) is 19.1 Å². The molecule has 6 heteroatoms. The first kappa shape index (κ1) is 11.8. The van der Waals surface area contributed by atoms with Gasteiger partial charge in [-0.05, 0) is 24.3 Å². The Labute approximate surface area is 106 Å². The van der Waals surface area contributed by atoms with Crippen LogP contribution in [0, 0.1) is 6.92 Å². The molecule has 0 spiro atoms. The number of benzene rings is 1. The topological polar surface area (TPSA) is 68.0 Å². The molecule has 0 aliphatic rings. The summed E-state index contributed by atoms with van der Waals surface area (Å²) in [5.74, 6) is 0.783. The summed E-state index contributed by atoms with van der Waals surface area (Å²) in [4.78, 5) is 15.7. The Balaban J connectivity index is 1.95. The molecule has 17 heavy (non-hydrogen) atoms. The smallest absolute Gasteiger partial charge is 0.251 e. The molecule has 0 fully saturated rings. The zero-order valence-corrected chi connectivity index (χ0v) is 10.7. The van der Waals surface area contributed by atoms with E-state index in [0.29, 0.717) is 17.3 Å². The molecule has 0 aliphatic heterocycles. The van der Waals surface area contributed by atoms with Crippen molar-refractivity contribution in [3.63, 3.8) is 0 Å². The Hall–Kier alpha value is -1.69. The number of hydrogen-bond donors (Lipinski definition) is 1. The fraction of sp³-hybridized carbons (Fsp3) is 0.182. The van der Waals surface area contributed by atoms with Gasteiger partial charge in [0.2, 0.25) is 5.89 Å². The third kappa shape index (κ3) is 3.13. The minimum atomic E-state index is -0.167. The lowest BCUT2D eigenvalue weighted by molar-refractivity contribution is 0.0949. The maximum Gasteiger partial charge on any atom is 0.251 e. The summed E-state index contributed by atoms with van der Waals surface area (Å²) in [6, 6.07) is 7.10. The van der Waals surface area contributed by atoms with Crippen LogP contribution in [0.3, 0.4) is 0 Å². The second-order valence-corrected chi connectivity index (χ2v) is 4.33. The van der Waals surface area contributed by atoms with Crippen LogP contribution in [0.15, 0.2) is 33.3 Å². The first-order chi connectivity index (χ1) is 8.15. The number of carbonyl (C=O) groups excluding carboxylic acids is 1. The molecule has 2 aromatic rings. The highest BCUT2D eigenvalue weighted by Crippen LogP contribution is 2.10. The van der Waals surface area contributed by atoms with E-state index < -0.39 is 0 Å². The number of halogens is 1. The van der Waals surface area contributed by atoms with Crippen LogP contribution in [0.25, 0.3) is 0 Å². The number of hydrogen-bond acceptors (Lipinski definition) is 4. The first-order valence-corrected chi connectivity index (χ1v) is 5.77. The molecule has 1 aromatic heterocycles. The number of aryl methyl sites for hydroxylation is 1. The predicted molar refractivity (Wildman–Crippen MR) is 64.3 cm³/mol. The summed E-state index contributed by atoms with van der Waals surface area (Å²) in [7, 11) is 0. The van der Waals surface area contributed by atoms with Crippen molar-refractivity contribution in [2.75, 3.05) is 0 Å². The zero-order chi connectivity index (χ0) is 12.3. The quantitative estimate of drug-likeness (QED) is 0.941. The van der Waals surface area contributed by atoms with E-state index in [9.17, 15) is 4.79 Å². The SMILES string of the molecule is Cc1nc(CNC(=O)c2ccc(Br)cc2)no1. The lowest BCUT2D eigenvalue weighted by Gasteiger charge is -2.02. The average Bonchev–Trinajstić information content (AvgIpc) is 2.73. The van der Waals surface area contributed by atoms with Gasteiger partial charge in [0.05, 0.1) is 6.54 Å². The first-order valence-electron chi connectivity index (χ1n) is 4.98. The number of amides is 1. The molecule has 88 valence electrons. The van der Waals surface area contributed by atoms with Crippen molar-refractivity contribution >= 4 is 21.8 Å². The molecule has 1 heterocycles. The molecular weight excluding hydrogens is 286 g/mol. The summed E-state index contributed by atoms with van der Waals surface area (Å²) >= 11 is 3.31. The van der Waals surface area contributed by atoms with Gasteiger partial charge in [-0.2, -0.15) is 4.98 Å². The molecule has 1 N–H and O–H groups in total. The average molecular weight is 296 g/mol. The van der Waals surface area contributed by atoms with E-state index in [-0.39, 0.29) is 12.5 Å². The van der Waals surface area contributed by atoms with Crippen molar-refractivity contribution in [1.29, 1.82) is 0 Å². The second-order valence-electron chi connectivity index (χ2n) is 3.42. The Morgan fingerprint density at radius 2 is 2.12 bits per heavy atom. The highest BCUT2D eigenvalue weighted by molar-refractivity contribution is 9.10. The number of rotatable bonds is 3. The van der Waals surface area contributed by atoms with Crippen LogP contribution in [0.1, 0.15) is 22.1 Å². The Kier molecular flexibility index (Phi) is 3.53. The van der Waals surface area contributed by atoms with Gasteiger partial charge in [-0.3, -0.25) is 4.79 Å². The van der Waals surface area contributed by atoms with Gasteiger partial charge in [-0.1, -0.05) is 21.1 Å². The fourth-order valence-corrected chi connectivity index (χ4v) is 1.54. The Morgan fingerprint density at radius 1 is 1.41 bits per heavy atom. The number of nitrogens with zero attached hydrogens (tertiary/aromatic N) is 2. The largest absolute Gasteiger partial charge is 0.345 e. The molecule has 2 rings (SSSR count). The van der Waals surface area contributed by atoms with Gasteiger partial charge in [0.15, 0.2) is 5.82 Å². The molecule has 1 aromatic carbocycles. The second kappa shape index (κ2) is 5.09. The van der Waals surface area contributed by atoms with Gasteiger partial charge in [-0.15, -0.1) is 0 Å². The van der Waals surface area contributed by atoms with Crippen LogP contribution in [0.4, 0.5) is 0 Å². The maximum absolute atomic E-state index is 11.7. The molecule has 0 atom stereocenters. The van der Waals surface area contributed by atoms with Crippen LogP contribution in [-0.2, 0) is 6.54 Å². The van der Waals surface area contributed by atoms with Crippen LogP contribution in [-0.4, -0.2) is 16.0 Å². The van der Waals surface area contributed by atoms with Gasteiger partial charge in [-0.25, -0.2) is 0 Å². The zero-order valence-electron chi connectivity index (χ0n) is 9.11. The highest BCUT2D eigenvalue weighted by Gasteiger charge is 2.07. The van der Waals surface area contributed by atoms with Gasteiger partial charge in [0, 0.05) is 17.0 Å². The molecule has 0 unspecified atom stereocenters. The molecule has 1 amide bonds. The lowest BCUT2D eigenvalue weighted by Crippen LogP contribution is -2.23. The van der Waals surface area contributed by atoms with Crippen LogP contribution in [0.5, 0.6) is 0 Å². The van der Waals surface area contributed by atoms with Crippen LogP contribution >= 0.6 is 15.9 Å². The van der Waals surface area contributed by atoms with Crippen molar-refractivity contribution in [2.45, 2.75) is 13.5 Å². The lowest BCUT2D eigenvalue weighted by atomic mass is 10.2. The summed E-state index contributed by atoms with van der Waals surface area (Å²) in [6.07, 6.45) is 0. The van der Waals surface area contributed by atoms with Crippen molar-refractivity contribution in [2.24, 2.45) is 0 Å². The van der Waals surface area contributed by atoms with E-state index in [1.807, 2.05) is 12.1 Å². The normalized spacial score (nSPS) is 10.2. The fourth-order valence-electron chi connectivity index (χ4n) is 1.28. The Morgan fingerprint density at radius 3 is 2.71 bits per heavy atom. The third-order valence-electron chi connectivity index (χ3n) is 2.08. The van der Waals surface area contributed by atoms with E-state index >= 15 is 0 Å². The predicted octanol–water partition coefficient (Wildman–Crippen LogP) is 2.07. The standard InChI is InChI=1S/C11H10BrN3O2/c1-7-14-10(15-17-7)6-13-11(16)8-2-4-9(12)5-3-8/h2-5H,6H2,1H3,(H,13,16). The molecule has 0 aliphatic carbocycles. The van der Waals surface area contributed by atoms with Crippen molar-refractivity contribution < 1.29 is 9.32 Å². The minimum Gasteiger partial charge on any atom is -0.345 e. The minimum absolute atomic E-state index is 0.167. The third-order valence-corrected chi connectivity index (χ3v) is 2.61. The van der Waals surface area contributed by atoms with Gasteiger partial charge < -0.3 is 9.84 Å². The van der Waals surface area contributed by atoms with Crippen molar-refractivity contribution in [3.8, 4) is 0 Å². The number of aromatic nitrogens is 2. The van der Waals surface area contributed by atoms with Gasteiger partial charge in [0.25, 0.3) is 5.91 Å². The molecule has 5 nitrogen and oxygen atoms in total. The highest BCUT2D eigenvalue weighted by atomic mass is 79.9. The molecule has 0 saturated heterocycles. The van der Waals surface area contributed by atoms with Crippen molar-refractivity contribution in [1.82, 2.24) is 15.5 Å². The summed E-state index contributed by atoms with van der Waals surface area (Å²) in [5.41, 5.74) is 0.591. The summed E-state index contributed by atoms with van der Waals surface area (Å²) in [5, 5.41) is 6.40. The van der Waals surface area contributed by atoms with E-state index in [2.05, 4.69) is 31.4 Å².